The van der Waals surface area contributed by atoms with E-state index in [4.69, 9.17) is 0 Å². The zero-order valence-corrected chi connectivity index (χ0v) is 13.3. The molecule has 2 heterocycles. The van der Waals surface area contributed by atoms with E-state index in [0.29, 0.717) is 5.69 Å². The fourth-order valence-electron chi connectivity index (χ4n) is 3.60. The number of hydrogen-bond acceptors (Lipinski definition) is 4. The lowest BCUT2D eigenvalue weighted by molar-refractivity contribution is 0.0467. The number of aromatic nitrogens is 2. The molecule has 2 aliphatic rings. The third-order valence-corrected chi connectivity index (χ3v) is 5.06. The van der Waals surface area contributed by atoms with E-state index < -0.39 is 0 Å². The number of hydrogen-bond donors (Lipinski definition) is 2. The van der Waals surface area contributed by atoms with Crippen molar-refractivity contribution in [2.24, 2.45) is 0 Å². The maximum atomic E-state index is 12.7. The molecule has 1 amide bonds. The second-order valence-electron chi connectivity index (χ2n) is 6.31. The van der Waals surface area contributed by atoms with Gasteiger partial charge in [0.2, 0.25) is 0 Å². The van der Waals surface area contributed by atoms with E-state index in [1.54, 1.807) is 0 Å². The van der Waals surface area contributed by atoms with Gasteiger partial charge in [0.15, 0.2) is 5.69 Å². The van der Waals surface area contributed by atoms with Crippen LogP contribution in [0.1, 0.15) is 47.9 Å². The van der Waals surface area contributed by atoms with Crippen molar-refractivity contribution in [2.45, 2.75) is 45.1 Å². The first-order valence-corrected chi connectivity index (χ1v) is 8.44. The van der Waals surface area contributed by atoms with Gasteiger partial charge in [-0.25, -0.2) is 0 Å². The van der Waals surface area contributed by atoms with Gasteiger partial charge >= 0.3 is 0 Å². The summed E-state index contributed by atoms with van der Waals surface area (Å²) in [5.41, 5.74) is 2.93. The molecule has 1 unspecified atom stereocenters. The molecule has 0 spiro atoms. The fourth-order valence-corrected chi connectivity index (χ4v) is 3.60. The molecule has 0 aromatic carbocycles. The summed E-state index contributed by atoms with van der Waals surface area (Å²) >= 11 is 0. The summed E-state index contributed by atoms with van der Waals surface area (Å²) in [6.45, 7) is 5.38. The first-order chi connectivity index (χ1) is 10.7. The molecular weight excluding hydrogens is 280 g/mol. The SMILES string of the molecule is CCC(CO)N1CCN(C(=O)c2n[nH]c3c2CCCC3)CC1. The van der Waals surface area contributed by atoms with Gasteiger partial charge in [0.25, 0.3) is 5.91 Å². The van der Waals surface area contributed by atoms with Crippen molar-refractivity contribution in [3.8, 4) is 0 Å². The normalized spacial score (nSPS) is 20.7. The molecule has 6 nitrogen and oxygen atoms in total. The number of aliphatic hydroxyl groups is 1. The van der Waals surface area contributed by atoms with Crippen molar-refractivity contribution in [1.29, 1.82) is 0 Å². The van der Waals surface area contributed by atoms with Crippen LogP contribution in [0.5, 0.6) is 0 Å². The van der Waals surface area contributed by atoms with Gasteiger partial charge in [-0.2, -0.15) is 5.10 Å². The summed E-state index contributed by atoms with van der Waals surface area (Å²) in [5.74, 6) is 0.0658. The van der Waals surface area contributed by atoms with E-state index in [1.165, 1.54) is 6.42 Å². The van der Waals surface area contributed by atoms with Crippen molar-refractivity contribution < 1.29 is 9.90 Å². The molecule has 1 fully saturated rings. The number of aryl methyl sites for hydroxylation is 1. The molecule has 0 bridgehead atoms. The zero-order valence-electron chi connectivity index (χ0n) is 13.3. The summed E-state index contributed by atoms with van der Waals surface area (Å²) in [5, 5.41) is 16.7. The number of rotatable bonds is 4. The molecule has 6 heteroatoms. The van der Waals surface area contributed by atoms with Gasteiger partial charge in [-0.05, 0) is 32.1 Å². The number of aromatic amines is 1. The molecular formula is C16H26N4O2. The third-order valence-electron chi connectivity index (χ3n) is 5.06. The van der Waals surface area contributed by atoms with Crippen LogP contribution in [-0.2, 0) is 12.8 Å². The summed E-state index contributed by atoms with van der Waals surface area (Å²) < 4.78 is 0. The van der Waals surface area contributed by atoms with Gasteiger partial charge in [-0.3, -0.25) is 14.8 Å². The Morgan fingerprint density at radius 3 is 2.68 bits per heavy atom. The average Bonchev–Trinajstić information content (AvgIpc) is 3.00. The Morgan fingerprint density at radius 2 is 2.00 bits per heavy atom. The highest BCUT2D eigenvalue weighted by atomic mass is 16.3. The minimum atomic E-state index is 0.0658. The first-order valence-electron chi connectivity index (χ1n) is 8.44. The predicted molar refractivity (Wildman–Crippen MR) is 83.9 cm³/mol. The van der Waals surface area contributed by atoms with Crippen molar-refractivity contribution in [3.05, 3.63) is 17.0 Å². The number of fused-ring (bicyclic) bond motifs is 1. The van der Waals surface area contributed by atoms with Crippen LogP contribution >= 0.6 is 0 Å². The number of H-pyrrole nitrogens is 1. The number of piperazine rings is 1. The van der Waals surface area contributed by atoms with Gasteiger partial charge in [-0.15, -0.1) is 0 Å². The summed E-state index contributed by atoms with van der Waals surface area (Å²) in [4.78, 5) is 16.9. The molecule has 1 aromatic rings. The van der Waals surface area contributed by atoms with Crippen LogP contribution in [0, 0.1) is 0 Å². The zero-order chi connectivity index (χ0) is 15.5. The topological polar surface area (TPSA) is 72.5 Å². The average molecular weight is 306 g/mol. The van der Waals surface area contributed by atoms with Crippen LogP contribution in [0.2, 0.25) is 0 Å². The largest absolute Gasteiger partial charge is 0.395 e. The molecule has 3 rings (SSSR count). The van der Waals surface area contributed by atoms with Crippen LogP contribution < -0.4 is 0 Å². The number of nitrogens with zero attached hydrogens (tertiary/aromatic N) is 3. The van der Waals surface area contributed by atoms with Gasteiger partial charge < -0.3 is 10.0 Å². The van der Waals surface area contributed by atoms with E-state index in [9.17, 15) is 9.90 Å². The Hall–Kier alpha value is -1.40. The molecule has 1 aliphatic heterocycles. The van der Waals surface area contributed by atoms with Crippen LogP contribution in [0.15, 0.2) is 0 Å². The molecule has 2 N–H and O–H groups in total. The fraction of sp³-hybridized carbons (Fsp3) is 0.750. The van der Waals surface area contributed by atoms with Gasteiger partial charge in [-0.1, -0.05) is 6.92 Å². The molecule has 0 saturated carbocycles. The van der Waals surface area contributed by atoms with E-state index >= 15 is 0 Å². The highest BCUT2D eigenvalue weighted by molar-refractivity contribution is 5.94. The number of amides is 1. The lowest BCUT2D eigenvalue weighted by Gasteiger charge is -2.38. The van der Waals surface area contributed by atoms with Gasteiger partial charge in [0.05, 0.1) is 6.61 Å². The molecule has 0 radical (unpaired) electrons. The van der Waals surface area contributed by atoms with Crippen molar-refractivity contribution in [3.63, 3.8) is 0 Å². The molecule has 122 valence electrons. The Labute approximate surface area is 131 Å². The van der Waals surface area contributed by atoms with Crippen LogP contribution in [0.25, 0.3) is 0 Å². The van der Waals surface area contributed by atoms with Crippen molar-refractivity contribution in [1.82, 2.24) is 20.0 Å². The predicted octanol–water partition coefficient (Wildman–Crippen LogP) is 0.817. The quantitative estimate of drug-likeness (QED) is 0.864. The maximum Gasteiger partial charge on any atom is 0.274 e. The number of carbonyl (C=O) groups is 1. The van der Waals surface area contributed by atoms with E-state index in [2.05, 4.69) is 22.0 Å². The van der Waals surface area contributed by atoms with Crippen LogP contribution in [-0.4, -0.2) is 69.8 Å². The van der Waals surface area contributed by atoms with Crippen molar-refractivity contribution >= 4 is 5.91 Å². The Bertz CT molecular complexity index is 516. The number of nitrogens with one attached hydrogen (secondary N) is 1. The van der Waals surface area contributed by atoms with E-state index in [1.807, 2.05) is 4.90 Å². The highest BCUT2D eigenvalue weighted by Crippen LogP contribution is 2.23. The standard InChI is InChI=1S/C16H26N4O2/c1-2-12(11-21)19-7-9-20(10-8-19)16(22)15-13-5-3-4-6-14(13)17-18-15/h12,21H,2-11H2,1H3,(H,17,18). The number of carbonyl (C=O) groups excluding carboxylic acids is 1. The van der Waals surface area contributed by atoms with Crippen LogP contribution in [0.3, 0.4) is 0 Å². The lowest BCUT2D eigenvalue weighted by Crippen LogP contribution is -2.52. The smallest absolute Gasteiger partial charge is 0.274 e. The third kappa shape index (κ3) is 2.90. The first kappa shape index (κ1) is 15.5. The summed E-state index contributed by atoms with van der Waals surface area (Å²) in [6, 6.07) is 0.218. The van der Waals surface area contributed by atoms with Gasteiger partial charge in [0, 0.05) is 43.5 Å². The van der Waals surface area contributed by atoms with Crippen molar-refractivity contribution in [2.75, 3.05) is 32.8 Å². The Balaban J connectivity index is 1.64. The Morgan fingerprint density at radius 1 is 1.27 bits per heavy atom. The molecule has 1 aromatic heterocycles. The van der Waals surface area contributed by atoms with E-state index in [0.717, 1.165) is 63.1 Å². The highest BCUT2D eigenvalue weighted by Gasteiger charge is 2.29. The van der Waals surface area contributed by atoms with E-state index in [-0.39, 0.29) is 18.6 Å². The molecule has 22 heavy (non-hydrogen) atoms. The minimum Gasteiger partial charge on any atom is -0.395 e. The molecule has 1 saturated heterocycles. The minimum absolute atomic E-state index is 0.0658. The summed E-state index contributed by atoms with van der Waals surface area (Å²) in [7, 11) is 0. The summed E-state index contributed by atoms with van der Waals surface area (Å²) in [6.07, 6.45) is 5.25. The van der Waals surface area contributed by atoms with Gasteiger partial charge in [0.1, 0.15) is 0 Å². The maximum absolute atomic E-state index is 12.7. The monoisotopic (exact) mass is 306 g/mol. The second kappa shape index (κ2) is 6.79. The second-order valence-corrected chi connectivity index (χ2v) is 6.31. The Kier molecular flexibility index (Phi) is 4.78. The van der Waals surface area contributed by atoms with Crippen LogP contribution in [0.4, 0.5) is 0 Å². The molecule has 1 aliphatic carbocycles. The lowest BCUT2D eigenvalue weighted by atomic mass is 9.95. The number of aliphatic hydroxyl groups excluding tert-OH is 1. The molecule has 1 atom stereocenters.